The molecule has 1 amide bonds. The fourth-order valence-electron chi connectivity index (χ4n) is 4.74. The van der Waals surface area contributed by atoms with E-state index in [9.17, 15) is 31.1 Å². The second kappa shape index (κ2) is 12.6. The minimum Gasteiger partial charge on any atom is -0.444 e. The quantitative estimate of drug-likeness (QED) is 0.253. The van der Waals surface area contributed by atoms with E-state index >= 15 is 0 Å². The van der Waals surface area contributed by atoms with Crippen molar-refractivity contribution in [1.82, 2.24) is 9.88 Å². The molecule has 7 nitrogen and oxygen atoms in total. The van der Waals surface area contributed by atoms with Crippen molar-refractivity contribution in [3.63, 3.8) is 0 Å². The van der Waals surface area contributed by atoms with Gasteiger partial charge in [0.2, 0.25) is 0 Å². The Bertz CT molecular complexity index is 1380. The van der Waals surface area contributed by atoms with E-state index in [0.717, 1.165) is 5.56 Å². The lowest BCUT2D eigenvalue weighted by Crippen LogP contribution is -2.48. The molecule has 2 heterocycles. The largest absolute Gasteiger partial charge is 0.573 e. The summed E-state index contributed by atoms with van der Waals surface area (Å²) < 4.78 is 89.9. The van der Waals surface area contributed by atoms with E-state index in [0.29, 0.717) is 49.4 Å². The van der Waals surface area contributed by atoms with Gasteiger partial charge in [0.05, 0.1) is 5.69 Å². The highest BCUT2D eigenvalue weighted by molar-refractivity contribution is 5.68. The van der Waals surface area contributed by atoms with Crippen molar-refractivity contribution in [1.29, 1.82) is 0 Å². The van der Waals surface area contributed by atoms with Crippen LogP contribution in [0.25, 0.3) is 11.3 Å². The molecule has 13 heteroatoms. The van der Waals surface area contributed by atoms with Gasteiger partial charge in [-0.25, -0.2) is 4.79 Å². The summed E-state index contributed by atoms with van der Waals surface area (Å²) in [4.78, 5) is 20.5. The fraction of sp³-hybridized carbons (Fsp3) is 0.400. The molecule has 0 saturated carbocycles. The van der Waals surface area contributed by atoms with Crippen LogP contribution in [0.4, 0.5) is 36.8 Å². The number of pyridine rings is 1. The Kier molecular flexibility index (Phi) is 9.31. The zero-order valence-electron chi connectivity index (χ0n) is 23.7. The predicted octanol–water partition coefficient (Wildman–Crippen LogP) is 7.95. The van der Waals surface area contributed by atoms with Crippen LogP contribution in [0.1, 0.15) is 39.2 Å². The molecular formula is C30H31F6N3O4. The van der Waals surface area contributed by atoms with Crippen molar-refractivity contribution in [2.24, 2.45) is 0 Å². The standard InChI is InChI=1S/C30H31F6N3O4/c1-28(2,3)43-27(40)38-15-12-23(13-16-38)39(22-7-9-24(10-8-22)41-29(31,32)33)19-20-11-14-37-26(17-20)21-5-4-6-25(18-21)42-30(34,35)36/h4-11,14,17-18,23H,12-13,15-16,19H2,1-3H3. The number of piperidine rings is 1. The number of hydrogen-bond acceptors (Lipinski definition) is 6. The fourth-order valence-corrected chi connectivity index (χ4v) is 4.74. The molecule has 0 atom stereocenters. The van der Waals surface area contributed by atoms with Crippen molar-refractivity contribution >= 4 is 11.8 Å². The number of carbonyl (C=O) groups excluding carboxylic acids is 1. The lowest BCUT2D eigenvalue weighted by molar-refractivity contribution is -0.275. The molecule has 1 aromatic heterocycles. The topological polar surface area (TPSA) is 64.1 Å². The van der Waals surface area contributed by atoms with Crippen LogP contribution in [0, 0.1) is 0 Å². The summed E-state index contributed by atoms with van der Waals surface area (Å²) in [5, 5.41) is 0. The summed E-state index contributed by atoms with van der Waals surface area (Å²) in [6.07, 6.45) is -7.42. The lowest BCUT2D eigenvalue weighted by atomic mass is 10.0. The number of benzene rings is 2. The third-order valence-electron chi connectivity index (χ3n) is 6.50. The number of carbonyl (C=O) groups is 1. The predicted molar refractivity (Wildman–Crippen MR) is 146 cm³/mol. The van der Waals surface area contributed by atoms with Gasteiger partial charge in [-0.3, -0.25) is 4.98 Å². The summed E-state index contributed by atoms with van der Waals surface area (Å²) in [5.74, 6) is -0.736. The Labute approximate surface area is 245 Å². The molecule has 43 heavy (non-hydrogen) atoms. The van der Waals surface area contributed by atoms with E-state index < -0.39 is 24.4 Å². The van der Waals surface area contributed by atoms with Crippen molar-refractivity contribution in [3.05, 3.63) is 72.4 Å². The Balaban J connectivity index is 1.57. The molecule has 0 bridgehead atoms. The smallest absolute Gasteiger partial charge is 0.444 e. The van der Waals surface area contributed by atoms with Crippen LogP contribution >= 0.6 is 0 Å². The zero-order valence-corrected chi connectivity index (χ0v) is 23.7. The van der Waals surface area contributed by atoms with Crippen LogP contribution in [0.5, 0.6) is 11.5 Å². The van der Waals surface area contributed by atoms with Crippen LogP contribution < -0.4 is 14.4 Å². The van der Waals surface area contributed by atoms with Gasteiger partial charge in [0.25, 0.3) is 0 Å². The van der Waals surface area contributed by atoms with Crippen LogP contribution in [0.15, 0.2) is 66.9 Å². The first-order valence-electron chi connectivity index (χ1n) is 13.5. The van der Waals surface area contributed by atoms with Gasteiger partial charge in [-0.15, -0.1) is 26.3 Å². The maximum absolute atomic E-state index is 12.7. The number of nitrogens with zero attached hydrogens (tertiary/aromatic N) is 3. The molecule has 1 fully saturated rings. The number of aromatic nitrogens is 1. The van der Waals surface area contributed by atoms with Crippen molar-refractivity contribution < 1.29 is 45.3 Å². The first kappa shape index (κ1) is 31.8. The Hall–Kier alpha value is -4.16. The number of amides is 1. The van der Waals surface area contributed by atoms with E-state index in [-0.39, 0.29) is 17.5 Å². The Morgan fingerprint density at radius 1 is 0.884 bits per heavy atom. The van der Waals surface area contributed by atoms with Crippen LogP contribution in [0.3, 0.4) is 0 Å². The maximum atomic E-state index is 12.7. The molecule has 0 N–H and O–H groups in total. The lowest BCUT2D eigenvalue weighted by Gasteiger charge is -2.40. The molecule has 3 aromatic rings. The number of rotatable bonds is 7. The minimum absolute atomic E-state index is 0.0896. The van der Waals surface area contributed by atoms with Crippen LogP contribution in [-0.2, 0) is 11.3 Å². The van der Waals surface area contributed by atoms with Crippen molar-refractivity contribution in [2.45, 2.75) is 64.5 Å². The minimum atomic E-state index is -4.84. The molecule has 0 unspecified atom stereocenters. The van der Waals surface area contributed by atoms with Gasteiger partial charge >= 0.3 is 18.8 Å². The monoisotopic (exact) mass is 611 g/mol. The van der Waals surface area contributed by atoms with Gasteiger partial charge in [0, 0.05) is 43.1 Å². The molecule has 1 aliphatic heterocycles. The van der Waals surface area contributed by atoms with Crippen LogP contribution in [0.2, 0.25) is 0 Å². The highest BCUT2D eigenvalue weighted by Gasteiger charge is 2.33. The van der Waals surface area contributed by atoms with Crippen LogP contribution in [-0.4, -0.2) is 53.4 Å². The Morgan fingerprint density at radius 2 is 1.51 bits per heavy atom. The summed E-state index contributed by atoms with van der Waals surface area (Å²) in [5.41, 5.74) is 1.58. The van der Waals surface area contributed by atoms with Gasteiger partial charge in [-0.05, 0) is 87.7 Å². The van der Waals surface area contributed by atoms with E-state index in [2.05, 4.69) is 14.5 Å². The van der Waals surface area contributed by atoms with Gasteiger partial charge in [-0.1, -0.05) is 12.1 Å². The third-order valence-corrected chi connectivity index (χ3v) is 6.50. The second-order valence-electron chi connectivity index (χ2n) is 11.0. The molecule has 4 rings (SSSR count). The number of ether oxygens (including phenoxy) is 3. The highest BCUT2D eigenvalue weighted by atomic mass is 19.4. The maximum Gasteiger partial charge on any atom is 0.573 e. The first-order valence-corrected chi connectivity index (χ1v) is 13.5. The molecule has 0 aliphatic carbocycles. The summed E-state index contributed by atoms with van der Waals surface area (Å²) in [6, 6.07) is 14.4. The molecule has 2 aromatic carbocycles. The molecule has 1 aliphatic rings. The van der Waals surface area contributed by atoms with E-state index in [1.54, 1.807) is 43.9 Å². The van der Waals surface area contributed by atoms with E-state index in [1.165, 1.54) is 48.7 Å². The molecule has 0 spiro atoms. The molecule has 232 valence electrons. The SMILES string of the molecule is CC(C)(C)OC(=O)N1CCC(N(Cc2ccnc(-c3cccc(OC(F)(F)F)c3)c2)c2ccc(OC(F)(F)F)cc2)CC1. The third kappa shape index (κ3) is 9.69. The van der Waals surface area contributed by atoms with Gasteiger partial charge < -0.3 is 24.0 Å². The number of anilines is 1. The van der Waals surface area contributed by atoms with E-state index in [1.807, 2.05) is 4.90 Å². The van der Waals surface area contributed by atoms with Gasteiger partial charge in [0.1, 0.15) is 17.1 Å². The Morgan fingerprint density at radius 3 is 2.12 bits per heavy atom. The average molecular weight is 612 g/mol. The second-order valence-corrected chi connectivity index (χ2v) is 11.0. The summed E-state index contributed by atoms with van der Waals surface area (Å²) >= 11 is 0. The molecule has 1 saturated heterocycles. The molecule has 0 radical (unpaired) electrons. The number of hydrogen-bond donors (Lipinski definition) is 0. The van der Waals surface area contributed by atoms with Crippen molar-refractivity contribution in [3.8, 4) is 22.8 Å². The highest BCUT2D eigenvalue weighted by Crippen LogP contribution is 2.32. The first-order chi connectivity index (χ1) is 20.0. The number of alkyl halides is 6. The molecular weight excluding hydrogens is 580 g/mol. The van der Waals surface area contributed by atoms with Gasteiger partial charge in [-0.2, -0.15) is 0 Å². The number of halogens is 6. The summed E-state index contributed by atoms with van der Waals surface area (Å²) in [7, 11) is 0. The summed E-state index contributed by atoms with van der Waals surface area (Å²) in [6.45, 7) is 6.50. The average Bonchev–Trinajstić information content (AvgIpc) is 2.90. The normalized spacial score (nSPS) is 14.8. The zero-order chi connectivity index (χ0) is 31.4. The van der Waals surface area contributed by atoms with Crippen molar-refractivity contribution in [2.75, 3.05) is 18.0 Å². The van der Waals surface area contributed by atoms with Gasteiger partial charge in [0.15, 0.2) is 0 Å². The van der Waals surface area contributed by atoms with E-state index in [4.69, 9.17) is 4.74 Å². The number of likely N-dealkylation sites (tertiary alicyclic amines) is 1.